The summed E-state index contributed by atoms with van der Waals surface area (Å²) in [6, 6.07) is 13.9. The van der Waals surface area contributed by atoms with E-state index >= 15 is 0 Å². The average Bonchev–Trinajstić information content (AvgIpc) is 3.16. The Bertz CT molecular complexity index is 1200. The maximum atomic E-state index is 12.7. The first-order valence-corrected chi connectivity index (χ1v) is 12.6. The predicted molar refractivity (Wildman–Crippen MR) is 122 cm³/mol. The van der Waals surface area contributed by atoms with E-state index in [0.717, 1.165) is 21.9 Å². The van der Waals surface area contributed by atoms with Crippen LogP contribution in [0.4, 0.5) is 5.13 Å². The van der Waals surface area contributed by atoms with Gasteiger partial charge in [-0.3, -0.25) is 10.1 Å². The van der Waals surface area contributed by atoms with Gasteiger partial charge < -0.3 is 0 Å². The largest absolute Gasteiger partial charge is 0.298 e. The number of aromatic nitrogens is 1. The minimum atomic E-state index is -3.58. The molecule has 1 aliphatic rings. The lowest BCUT2D eigenvalue weighted by Crippen LogP contribution is -2.33. The molecule has 0 unspecified atom stereocenters. The van der Waals surface area contributed by atoms with E-state index in [4.69, 9.17) is 0 Å². The minimum Gasteiger partial charge on any atom is -0.298 e. The van der Waals surface area contributed by atoms with Crippen LogP contribution in [0.1, 0.15) is 29.1 Å². The first-order chi connectivity index (χ1) is 14.3. The topological polar surface area (TPSA) is 79.4 Å². The van der Waals surface area contributed by atoms with Crippen molar-refractivity contribution in [1.82, 2.24) is 9.29 Å². The second-order valence-electron chi connectivity index (χ2n) is 7.17. The van der Waals surface area contributed by atoms with E-state index in [0.29, 0.717) is 10.7 Å². The summed E-state index contributed by atoms with van der Waals surface area (Å²) in [5.41, 5.74) is 2.39. The Balaban J connectivity index is 1.53. The van der Waals surface area contributed by atoms with E-state index in [2.05, 4.69) is 16.4 Å². The van der Waals surface area contributed by atoms with Crippen LogP contribution in [0, 0.1) is 0 Å². The van der Waals surface area contributed by atoms with Crippen LogP contribution in [-0.2, 0) is 15.8 Å². The van der Waals surface area contributed by atoms with Gasteiger partial charge in [0, 0.05) is 39.7 Å². The lowest BCUT2D eigenvalue weighted by atomic mass is 10.1. The van der Waals surface area contributed by atoms with E-state index in [9.17, 15) is 13.2 Å². The van der Waals surface area contributed by atoms with E-state index in [1.807, 2.05) is 32.0 Å². The fourth-order valence-electron chi connectivity index (χ4n) is 3.04. The van der Waals surface area contributed by atoms with Crippen LogP contribution in [0.15, 0.2) is 58.3 Å². The second kappa shape index (κ2) is 8.14. The molecule has 9 heteroatoms. The van der Waals surface area contributed by atoms with E-state index in [1.54, 1.807) is 18.8 Å². The van der Waals surface area contributed by atoms with Gasteiger partial charge in [0.2, 0.25) is 10.0 Å². The maximum absolute atomic E-state index is 12.7. The third-order valence-electron chi connectivity index (χ3n) is 4.94. The quantitative estimate of drug-likeness (QED) is 0.598. The van der Waals surface area contributed by atoms with Gasteiger partial charge in [-0.1, -0.05) is 18.2 Å². The molecule has 0 saturated heterocycles. The molecule has 0 spiro atoms. The zero-order valence-electron chi connectivity index (χ0n) is 16.7. The summed E-state index contributed by atoms with van der Waals surface area (Å²) < 4.78 is 26.5. The number of amides is 1. The summed E-state index contributed by atoms with van der Waals surface area (Å²) in [6.45, 7) is 3.62. The highest BCUT2D eigenvalue weighted by atomic mass is 32.2. The third-order valence-corrected chi connectivity index (χ3v) is 9.24. The lowest BCUT2D eigenvalue weighted by Gasteiger charge is -2.20. The second-order valence-corrected chi connectivity index (χ2v) is 11.3. The number of thioether (sulfide) groups is 1. The normalized spacial score (nSPS) is 13.2. The molecule has 156 valence electrons. The molecule has 6 nitrogen and oxygen atoms in total. The van der Waals surface area contributed by atoms with Crippen molar-refractivity contribution in [2.45, 2.75) is 35.4 Å². The van der Waals surface area contributed by atoms with Crippen molar-refractivity contribution in [2.75, 3.05) is 12.4 Å². The van der Waals surface area contributed by atoms with Crippen molar-refractivity contribution in [3.8, 4) is 11.3 Å². The molecular weight excluding hydrogens is 438 g/mol. The van der Waals surface area contributed by atoms with Gasteiger partial charge in [0.25, 0.3) is 5.91 Å². The number of thiazole rings is 1. The number of sulfonamides is 1. The fourth-order valence-corrected chi connectivity index (χ4v) is 6.50. The van der Waals surface area contributed by atoms with Gasteiger partial charge in [-0.05, 0) is 44.2 Å². The van der Waals surface area contributed by atoms with Crippen molar-refractivity contribution < 1.29 is 13.2 Å². The molecule has 0 radical (unpaired) electrons. The number of hydrogen-bond acceptors (Lipinski definition) is 6. The number of fused-ring (bicyclic) bond motifs is 3. The highest BCUT2D eigenvalue weighted by Gasteiger charge is 2.24. The molecule has 0 fully saturated rings. The van der Waals surface area contributed by atoms with Crippen molar-refractivity contribution >= 4 is 44.2 Å². The molecule has 0 atom stereocenters. The van der Waals surface area contributed by atoms with Crippen LogP contribution >= 0.6 is 23.1 Å². The Hall–Kier alpha value is -2.20. The molecule has 0 aliphatic carbocycles. The summed E-state index contributed by atoms with van der Waals surface area (Å²) in [5, 5.41) is 3.39. The minimum absolute atomic E-state index is 0.155. The van der Waals surface area contributed by atoms with Gasteiger partial charge in [-0.2, -0.15) is 4.31 Å². The Morgan fingerprint density at radius 2 is 1.83 bits per heavy atom. The van der Waals surface area contributed by atoms with Crippen LogP contribution in [0.2, 0.25) is 0 Å². The fraction of sp³-hybridized carbons (Fsp3) is 0.238. The van der Waals surface area contributed by atoms with Crippen molar-refractivity contribution in [2.24, 2.45) is 0 Å². The Labute approximate surface area is 184 Å². The van der Waals surface area contributed by atoms with Gasteiger partial charge in [0.15, 0.2) is 5.13 Å². The van der Waals surface area contributed by atoms with Gasteiger partial charge >= 0.3 is 0 Å². The van der Waals surface area contributed by atoms with Gasteiger partial charge in [0.05, 0.1) is 10.6 Å². The van der Waals surface area contributed by atoms with Crippen molar-refractivity contribution in [3.63, 3.8) is 0 Å². The molecular formula is C21H21N3O3S3. The van der Waals surface area contributed by atoms with E-state index < -0.39 is 10.0 Å². The summed E-state index contributed by atoms with van der Waals surface area (Å²) in [7, 11) is -2.04. The van der Waals surface area contributed by atoms with Gasteiger partial charge in [0.1, 0.15) is 0 Å². The summed E-state index contributed by atoms with van der Waals surface area (Å²) in [6.07, 6.45) is 0. The van der Waals surface area contributed by atoms with Crippen LogP contribution in [-0.4, -0.2) is 36.7 Å². The molecule has 1 amide bonds. The molecule has 1 aliphatic heterocycles. The van der Waals surface area contributed by atoms with Gasteiger partial charge in [-0.25, -0.2) is 13.4 Å². The molecule has 3 aromatic rings. The third kappa shape index (κ3) is 3.90. The molecule has 0 saturated carbocycles. The molecule has 30 heavy (non-hydrogen) atoms. The number of nitrogens with one attached hydrogen (secondary N) is 1. The Morgan fingerprint density at radius 3 is 2.53 bits per heavy atom. The maximum Gasteiger partial charge on any atom is 0.257 e. The van der Waals surface area contributed by atoms with Crippen molar-refractivity contribution in [1.29, 1.82) is 0 Å². The average molecular weight is 460 g/mol. The zero-order chi connectivity index (χ0) is 21.5. The highest BCUT2D eigenvalue weighted by molar-refractivity contribution is 7.98. The number of anilines is 1. The molecule has 4 rings (SSSR count). The summed E-state index contributed by atoms with van der Waals surface area (Å²) in [4.78, 5) is 19.8. The van der Waals surface area contributed by atoms with Crippen LogP contribution in [0.5, 0.6) is 0 Å². The van der Waals surface area contributed by atoms with Crippen LogP contribution in [0.3, 0.4) is 0 Å². The Kier molecular flexibility index (Phi) is 5.71. The number of benzene rings is 2. The number of rotatable bonds is 5. The standard InChI is InChI=1S/C21H21N3O3S3/c1-13(2)24(3)30(26,27)15-10-8-14(9-11-15)20(25)23-21-22-19-16-6-4-5-7-17(16)28-12-18(19)29-21/h4-11,13H,12H2,1-3H3,(H,22,23,25). The highest BCUT2D eigenvalue weighted by Crippen LogP contribution is 2.44. The Morgan fingerprint density at radius 1 is 1.13 bits per heavy atom. The monoisotopic (exact) mass is 459 g/mol. The number of carbonyl (C=O) groups excluding carboxylic acids is 1. The molecule has 0 bridgehead atoms. The van der Waals surface area contributed by atoms with Crippen LogP contribution in [0.25, 0.3) is 11.3 Å². The smallest absolute Gasteiger partial charge is 0.257 e. The first-order valence-electron chi connectivity index (χ1n) is 9.38. The SMILES string of the molecule is CC(C)N(C)S(=O)(=O)c1ccc(C(=O)Nc2nc3c(s2)CSc2ccccc2-3)cc1. The summed E-state index contributed by atoms with van der Waals surface area (Å²) in [5.74, 6) is 0.513. The lowest BCUT2D eigenvalue weighted by molar-refractivity contribution is 0.102. The number of hydrogen-bond donors (Lipinski definition) is 1. The molecule has 2 aromatic carbocycles. The molecule has 1 aromatic heterocycles. The van der Waals surface area contributed by atoms with Gasteiger partial charge in [-0.15, -0.1) is 23.1 Å². The van der Waals surface area contributed by atoms with Crippen LogP contribution < -0.4 is 5.32 Å². The number of carbonyl (C=O) groups is 1. The van der Waals surface area contributed by atoms with E-state index in [1.165, 1.54) is 44.8 Å². The van der Waals surface area contributed by atoms with E-state index in [-0.39, 0.29) is 16.8 Å². The zero-order valence-corrected chi connectivity index (χ0v) is 19.2. The number of nitrogens with zero attached hydrogens (tertiary/aromatic N) is 2. The molecule has 1 N–H and O–H groups in total. The predicted octanol–water partition coefficient (Wildman–Crippen LogP) is 4.70. The first kappa shape index (κ1) is 21.0. The summed E-state index contributed by atoms with van der Waals surface area (Å²) >= 11 is 3.23. The molecule has 2 heterocycles. The van der Waals surface area contributed by atoms with Crippen molar-refractivity contribution in [3.05, 3.63) is 59.0 Å².